The molecule has 1 fully saturated rings. The van der Waals surface area contributed by atoms with Gasteiger partial charge in [0.25, 0.3) is 0 Å². The van der Waals surface area contributed by atoms with E-state index in [-0.39, 0.29) is 17.0 Å². The summed E-state index contributed by atoms with van der Waals surface area (Å²) >= 11 is 0. The van der Waals surface area contributed by atoms with Gasteiger partial charge >= 0.3 is 6.03 Å². The van der Waals surface area contributed by atoms with Crippen LogP contribution in [0.2, 0.25) is 0 Å². The first-order chi connectivity index (χ1) is 15.2. The Kier molecular flexibility index (Phi) is 5.95. The highest BCUT2D eigenvalue weighted by Gasteiger charge is 2.39. The van der Waals surface area contributed by atoms with Crippen molar-refractivity contribution in [3.63, 3.8) is 0 Å². The molecule has 0 unspecified atom stereocenters. The lowest BCUT2D eigenvalue weighted by Crippen LogP contribution is -2.59. The average Bonchev–Trinajstić information content (AvgIpc) is 3.30. The van der Waals surface area contributed by atoms with E-state index < -0.39 is 10.0 Å². The number of benzene rings is 1. The Morgan fingerprint density at radius 2 is 1.81 bits per heavy atom. The van der Waals surface area contributed by atoms with Gasteiger partial charge in [-0.15, -0.1) is 0 Å². The fourth-order valence-corrected chi connectivity index (χ4v) is 5.07. The third-order valence-electron chi connectivity index (χ3n) is 5.96. The molecule has 1 aliphatic heterocycles. The summed E-state index contributed by atoms with van der Waals surface area (Å²) in [6.45, 7) is 2.51. The Labute approximate surface area is 188 Å². The highest BCUT2D eigenvalue weighted by molar-refractivity contribution is 7.89. The van der Waals surface area contributed by atoms with E-state index in [0.717, 1.165) is 25.7 Å². The van der Waals surface area contributed by atoms with Gasteiger partial charge in [0.2, 0.25) is 16.0 Å². The average molecular weight is 460 g/mol. The number of carbonyl (C=O) groups is 1. The molecule has 11 heteroatoms. The lowest BCUT2D eigenvalue weighted by molar-refractivity contribution is 0.191. The number of amides is 2. The van der Waals surface area contributed by atoms with Gasteiger partial charge in [0.1, 0.15) is 5.69 Å². The maximum absolute atomic E-state index is 12.9. The molecular weight excluding hydrogens is 430 g/mol. The summed E-state index contributed by atoms with van der Waals surface area (Å²) < 4.78 is 25.7. The molecule has 1 saturated carbocycles. The molecule has 1 aromatic carbocycles. The van der Waals surface area contributed by atoms with Crippen molar-refractivity contribution in [2.45, 2.75) is 43.5 Å². The van der Waals surface area contributed by atoms with E-state index in [1.54, 1.807) is 47.4 Å². The highest BCUT2D eigenvalue weighted by atomic mass is 32.2. The van der Waals surface area contributed by atoms with Gasteiger partial charge in [0.15, 0.2) is 5.82 Å². The summed E-state index contributed by atoms with van der Waals surface area (Å²) in [4.78, 5) is 23.9. The zero-order valence-electron chi connectivity index (χ0n) is 18.8. The van der Waals surface area contributed by atoms with Crippen LogP contribution in [0.15, 0.2) is 35.4 Å². The molecule has 1 aliphatic carbocycles. The van der Waals surface area contributed by atoms with E-state index in [0.29, 0.717) is 29.7 Å². The standard InChI is InChI=1S/C21H29N7O3S/c1-5-27-21(29)26(4)18-14-22-20(24-19(18)28(27)16-8-6-7-9-16)23-15-10-12-17(13-11-15)32(30,31)25(2)3/h10-14,16H,5-9H2,1-4H3,(H,22,23,24). The predicted molar refractivity (Wildman–Crippen MR) is 124 cm³/mol. The molecule has 2 heterocycles. The summed E-state index contributed by atoms with van der Waals surface area (Å²) in [5.41, 5.74) is 1.34. The number of fused-ring (bicyclic) bond motifs is 1. The van der Waals surface area contributed by atoms with Gasteiger partial charge in [-0.05, 0) is 44.0 Å². The third kappa shape index (κ3) is 3.86. The quantitative estimate of drug-likeness (QED) is 0.708. The lowest BCUT2D eigenvalue weighted by Gasteiger charge is -2.45. The molecule has 0 saturated heterocycles. The number of hydrazine groups is 1. The summed E-state index contributed by atoms with van der Waals surface area (Å²) in [7, 11) is 1.24. The molecule has 0 bridgehead atoms. The van der Waals surface area contributed by atoms with Gasteiger partial charge in [0.05, 0.1) is 17.1 Å². The van der Waals surface area contributed by atoms with Crippen molar-refractivity contribution in [2.24, 2.45) is 0 Å². The van der Waals surface area contributed by atoms with Crippen LogP contribution in [0.3, 0.4) is 0 Å². The van der Waals surface area contributed by atoms with Crippen LogP contribution in [0.1, 0.15) is 32.6 Å². The summed E-state index contributed by atoms with van der Waals surface area (Å²) in [5.74, 6) is 1.08. The number of carbonyl (C=O) groups excluding carboxylic acids is 1. The van der Waals surface area contributed by atoms with E-state index >= 15 is 0 Å². The second-order valence-electron chi connectivity index (χ2n) is 8.18. The monoisotopic (exact) mass is 459 g/mol. The molecule has 0 spiro atoms. The summed E-state index contributed by atoms with van der Waals surface area (Å²) in [5, 5.41) is 6.93. The van der Waals surface area contributed by atoms with Crippen LogP contribution in [0, 0.1) is 0 Å². The molecule has 1 aromatic heterocycles. The molecule has 2 amide bonds. The number of nitrogens with zero attached hydrogens (tertiary/aromatic N) is 6. The van der Waals surface area contributed by atoms with Crippen molar-refractivity contribution in [3.05, 3.63) is 30.5 Å². The van der Waals surface area contributed by atoms with Crippen LogP contribution in [-0.2, 0) is 10.0 Å². The molecule has 4 rings (SSSR count). The van der Waals surface area contributed by atoms with Gasteiger partial charge in [-0.3, -0.25) is 9.91 Å². The van der Waals surface area contributed by atoms with Crippen LogP contribution in [-0.4, -0.2) is 67.5 Å². The molecule has 2 aliphatic rings. The van der Waals surface area contributed by atoms with Crippen molar-refractivity contribution >= 4 is 39.2 Å². The minimum atomic E-state index is -3.49. The van der Waals surface area contributed by atoms with Crippen LogP contribution in [0.5, 0.6) is 0 Å². The van der Waals surface area contributed by atoms with E-state index in [4.69, 9.17) is 4.98 Å². The number of anilines is 4. The van der Waals surface area contributed by atoms with Crippen LogP contribution < -0.4 is 15.2 Å². The third-order valence-corrected chi connectivity index (χ3v) is 7.78. The number of hydrogen-bond acceptors (Lipinski definition) is 7. The van der Waals surface area contributed by atoms with Crippen molar-refractivity contribution in [3.8, 4) is 0 Å². The first kappa shape index (κ1) is 22.3. The number of nitrogens with one attached hydrogen (secondary N) is 1. The van der Waals surface area contributed by atoms with Crippen LogP contribution in [0.25, 0.3) is 0 Å². The van der Waals surface area contributed by atoms with E-state index in [1.807, 2.05) is 11.9 Å². The second kappa shape index (κ2) is 8.55. The Morgan fingerprint density at radius 3 is 2.41 bits per heavy atom. The molecule has 2 aromatic rings. The number of sulfonamides is 1. The molecular formula is C21H29N7O3S. The van der Waals surface area contributed by atoms with Gasteiger partial charge in [-0.1, -0.05) is 12.8 Å². The van der Waals surface area contributed by atoms with Crippen molar-refractivity contribution < 1.29 is 13.2 Å². The second-order valence-corrected chi connectivity index (χ2v) is 10.3. The fourth-order valence-electron chi connectivity index (χ4n) is 4.17. The smallest absolute Gasteiger partial charge is 0.324 e. The molecule has 10 nitrogen and oxygen atoms in total. The van der Waals surface area contributed by atoms with Crippen LogP contribution >= 0.6 is 0 Å². The molecule has 1 N–H and O–H groups in total. The number of rotatable bonds is 6. The number of urea groups is 1. The predicted octanol–water partition coefficient (Wildman–Crippen LogP) is 3.03. The van der Waals surface area contributed by atoms with Crippen LogP contribution in [0.4, 0.5) is 27.9 Å². The largest absolute Gasteiger partial charge is 0.343 e. The van der Waals surface area contributed by atoms with Crippen molar-refractivity contribution in [2.75, 3.05) is 42.9 Å². The van der Waals surface area contributed by atoms with E-state index in [1.165, 1.54) is 18.4 Å². The first-order valence-electron chi connectivity index (χ1n) is 10.7. The topological polar surface area (TPSA) is 102 Å². The maximum atomic E-state index is 12.9. The van der Waals surface area contributed by atoms with Crippen molar-refractivity contribution in [1.29, 1.82) is 0 Å². The minimum Gasteiger partial charge on any atom is -0.324 e. The Morgan fingerprint density at radius 1 is 1.16 bits per heavy atom. The molecule has 32 heavy (non-hydrogen) atoms. The van der Waals surface area contributed by atoms with E-state index in [9.17, 15) is 13.2 Å². The highest BCUT2D eigenvalue weighted by Crippen LogP contribution is 2.38. The van der Waals surface area contributed by atoms with Gasteiger partial charge < -0.3 is 5.32 Å². The van der Waals surface area contributed by atoms with Gasteiger partial charge in [-0.2, -0.15) is 4.98 Å². The van der Waals surface area contributed by atoms with Gasteiger partial charge in [-0.25, -0.2) is 27.5 Å². The number of aromatic nitrogens is 2. The maximum Gasteiger partial charge on any atom is 0.343 e. The normalized spacial score (nSPS) is 17.3. The molecule has 0 atom stereocenters. The lowest BCUT2D eigenvalue weighted by atomic mass is 10.2. The Hall–Kier alpha value is -2.92. The SMILES string of the molecule is CCN1C(=O)N(C)c2cnc(Nc3ccc(S(=O)(=O)N(C)C)cc3)nc2N1C1CCCC1. The van der Waals surface area contributed by atoms with Crippen molar-refractivity contribution in [1.82, 2.24) is 19.3 Å². The molecule has 0 radical (unpaired) electrons. The zero-order valence-corrected chi connectivity index (χ0v) is 19.6. The minimum absolute atomic E-state index is 0.0890. The summed E-state index contributed by atoms with van der Waals surface area (Å²) in [6.07, 6.45) is 5.96. The first-order valence-corrected chi connectivity index (χ1v) is 12.2. The number of hydrogen-bond donors (Lipinski definition) is 1. The fraction of sp³-hybridized carbons (Fsp3) is 0.476. The summed E-state index contributed by atoms with van der Waals surface area (Å²) in [6, 6.07) is 6.60. The zero-order chi connectivity index (χ0) is 23.0. The van der Waals surface area contributed by atoms with Gasteiger partial charge in [0, 0.05) is 33.4 Å². The Bertz CT molecular complexity index is 1100. The molecule has 172 valence electrons. The van der Waals surface area contributed by atoms with E-state index in [2.05, 4.69) is 10.3 Å². The Balaban J connectivity index is 1.65.